The topological polar surface area (TPSA) is 58.3 Å². The Labute approximate surface area is 106 Å². The van der Waals surface area contributed by atoms with Crippen molar-refractivity contribution in [3.8, 4) is 0 Å². The van der Waals surface area contributed by atoms with Crippen LogP contribution in [0, 0.1) is 0 Å². The summed E-state index contributed by atoms with van der Waals surface area (Å²) in [6.07, 6.45) is 5.52. The number of anilines is 2. The summed E-state index contributed by atoms with van der Waals surface area (Å²) in [4.78, 5) is 13.1. The van der Waals surface area contributed by atoms with E-state index in [1.54, 1.807) is 12.4 Å². The summed E-state index contributed by atoms with van der Waals surface area (Å²) in [7, 11) is 0. The fourth-order valence-corrected chi connectivity index (χ4v) is 2.38. The van der Waals surface area contributed by atoms with Crippen molar-refractivity contribution in [2.75, 3.05) is 55.4 Å². The van der Waals surface area contributed by atoms with Crippen LogP contribution >= 0.6 is 11.8 Å². The van der Waals surface area contributed by atoms with Crippen LogP contribution in [0.1, 0.15) is 0 Å². The smallest absolute Gasteiger partial charge is 0.149 e. The summed E-state index contributed by atoms with van der Waals surface area (Å²) in [5, 5.41) is 0. The summed E-state index contributed by atoms with van der Waals surface area (Å²) < 4.78 is 0. The Hall–Kier alpha value is -1.01. The number of hydrogen-bond donors (Lipinski definition) is 1. The first-order chi connectivity index (χ1) is 8.29. The molecule has 94 valence electrons. The predicted octanol–water partition coefficient (Wildman–Crippen LogP) is 0.544. The highest BCUT2D eigenvalue weighted by atomic mass is 32.2. The SMILES string of the molecule is CSCCN1CCN(c2cncc(N)n2)CC1. The average Bonchev–Trinajstić information content (AvgIpc) is 2.37. The molecule has 0 bridgehead atoms. The van der Waals surface area contributed by atoms with Crippen LogP contribution < -0.4 is 10.6 Å². The van der Waals surface area contributed by atoms with Crippen LogP contribution in [0.15, 0.2) is 12.4 Å². The monoisotopic (exact) mass is 253 g/mol. The number of hydrogen-bond acceptors (Lipinski definition) is 6. The summed E-state index contributed by atoms with van der Waals surface area (Å²) >= 11 is 1.90. The lowest BCUT2D eigenvalue weighted by molar-refractivity contribution is 0.272. The molecule has 1 aromatic heterocycles. The van der Waals surface area contributed by atoms with Crippen molar-refractivity contribution in [3.63, 3.8) is 0 Å². The maximum Gasteiger partial charge on any atom is 0.149 e. The van der Waals surface area contributed by atoms with Crippen molar-refractivity contribution >= 4 is 23.4 Å². The van der Waals surface area contributed by atoms with E-state index in [0.29, 0.717) is 5.82 Å². The van der Waals surface area contributed by atoms with Crippen LogP contribution in [-0.2, 0) is 0 Å². The van der Waals surface area contributed by atoms with Crippen LogP contribution in [0.5, 0.6) is 0 Å². The van der Waals surface area contributed by atoms with Crippen molar-refractivity contribution in [1.82, 2.24) is 14.9 Å². The molecule has 0 radical (unpaired) electrons. The molecule has 0 unspecified atom stereocenters. The molecule has 0 spiro atoms. The zero-order valence-electron chi connectivity index (χ0n) is 10.2. The van der Waals surface area contributed by atoms with Crippen LogP contribution in [-0.4, -0.2) is 59.6 Å². The minimum atomic E-state index is 0.493. The minimum Gasteiger partial charge on any atom is -0.382 e. The molecule has 1 fully saturated rings. The van der Waals surface area contributed by atoms with Gasteiger partial charge < -0.3 is 10.6 Å². The second kappa shape index (κ2) is 6.07. The van der Waals surface area contributed by atoms with Gasteiger partial charge in [-0.05, 0) is 6.26 Å². The van der Waals surface area contributed by atoms with Gasteiger partial charge in [-0.1, -0.05) is 0 Å². The van der Waals surface area contributed by atoms with Crippen molar-refractivity contribution in [2.24, 2.45) is 0 Å². The van der Waals surface area contributed by atoms with Crippen molar-refractivity contribution in [3.05, 3.63) is 12.4 Å². The van der Waals surface area contributed by atoms with Gasteiger partial charge in [-0.2, -0.15) is 11.8 Å². The van der Waals surface area contributed by atoms with E-state index in [9.17, 15) is 0 Å². The van der Waals surface area contributed by atoms with Gasteiger partial charge in [-0.3, -0.25) is 9.88 Å². The molecule has 1 aliphatic heterocycles. The largest absolute Gasteiger partial charge is 0.382 e. The lowest BCUT2D eigenvalue weighted by Crippen LogP contribution is -2.47. The summed E-state index contributed by atoms with van der Waals surface area (Å²) in [5.41, 5.74) is 5.64. The Balaban J connectivity index is 1.86. The Morgan fingerprint density at radius 1 is 1.29 bits per heavy atom. The first-order valence-electron chi connectivity index (χ1n) is 5.83. The van der Waals surface area contributed by atoms with Crippen molar-refractivity contribution < 1.29 is 0 Å². The molecular formula is C11H19N5S. The molecule has 0 amide bonds. The second-order valence-electron chi connectivity index (χ2n) is 4.12. The molecule has 2 rings (SSSR count). The van der Waals surface area contributed by atoms with Crippen LogP contribution in [0.25, 0.3) is 0 Å². The van der Waals surface area contributed by atoms with Gasteiger partial charge in [-0.15, -0.1) is 0 Å². The molecule has 2 N–H and O–H groups in total. The third-order valence-corrected chi connectivity index (χ3v) is 3.54. The van der Waals surface area contributed by atoms with Gasteiger partial charge in [0, 0.05) is 38.5 Å². The third-order valence-electron chi connectivity index (χ3n) is 2.95. The van der Waals surface area contributed by atoms with E-state index < -0.39 is 0 Å². The first-order valence-corrected chi connectivity index (χ1v) is 7.23. The van der Waals surface area contributed by atoms with Crippen LogP contribution in [0.4, 0.5) is 11.6 Å². The third kappa shape index (κ3) is 3.47. The predicted molar refractivity (Wildman–Crippen MR) is 73.5 cm³/mol. The van der Waals surface area contributed by atoms with E-state index in [1.165, 1.54) is 12.3 Å². The molecule has 1 saturated heterocycles. The number of aromatic nitrogens is 2. The molecule has 0 aromatic carbocycles. The molecule has 2 heterocycles. The first kappa shape index (κ1) is 12.4. The van der Waals surface area contributed by atoms with Gasteiger partial charge in [0.2, 0.25) is 0 Å². The molecule has 0 atom stereocenters. The minimum absolute atomic E-state index is 0.493. The summed E-state index contributed by atoms with van der Waals surface area (Å²) in [5.74, 6) is 2.60. The van der Waals surface area contributed by atoms with E-state index in [1.807, 2.05) is 11.8 Å². The molecule has 1 aromatic rings. The normalized spacial score (nSPS) is 17.4. The highest BCUT2D eigenvalue weighted by molar-refractivity contribution is 7.98. The van der Waals surface area contributed by atoms with E-state index in [2.05, 4.69) is 26.0 Å². The summed E-state index contributed by atoms with van der Waals surface area (Å²) in [6, 6.07) is 0. The fourth-order valence-electron chi connectivity index (χ4n) is 1.94. The fraction of sp³-hybridized carbons (Fsp3) is 0.636. The van der Waals surface area contributed by atoms with Gasteiger partial charge >= 0.3 is 0 Å². The Kier molecular flexibility index (Phi) is 4.44. The molecule has 17 heavy (non-hydrogen) atoms. The standard InChI is InChI=1S/C11H19N5S/c1-17-7-6-15-2-4-16(5-3-15)11-9-13-8-10(12)14-11/h8-9H,2-7H2,1H3,(H2,12,14). The second-order valence-corrected chi connectivity index (χ2v) is 5.11. The number of nitrogen functional groups attached to an aromatic ring is 1. The lowest BCUT2D eigenvalue weighted by atomic mass is 10.3. The van der Waals surface area contributed by atoms with Gasteiger partial charge in [0.05, 0.1) is 12.4 Å². The highest BCUT2D eigenvalue weighted by Crippen LogP contribution is 2.13. The van der Waals surface area contributed by atoms with Crippen molar-refractivity contribution in [1.29, 1.82) is 0 Å². The zero-order chi connectivity index (χ0) is 12.1. The number of rotatable bonds is 4. The molecule has 0 saturated carbocycles. The lowest BCUT2D eigenvalue weighted by Gasteiger charge is -2.35. The summed E-state index contributed by atoms with van der Waals surface area (Å²) in [6.45, 7) is 5.38. The van der Waals surface area contributed by atoms with Gasteiger partial charge in [0.1, 0.15) is 11.6 Å². The van der Waals surface area contributed by atoms with Crippen LogP contribution in [0.3, 0.4) is 0 Å². The van der Waals surface area contributed by atoms with Gasteiger partial charge in [0.15, 0.2) is 0 Å². The zero-order valence-corrected chi connectivity index (χ0v) is 11.0. The van der Waals surface area contributed by atoms with Crippen molar-refractivity contribution in [2.45, 2.75) is 0 Å². The Morgan fingerprint density at radius 2 is 2.06 bits per heavy atom. The average molecular weight is 253 g/mol. The highest BCUT2D eigenvalue weighted by Gasteiger charge is 2.17. The van der Waals surface area contributed by atoms with E-state index >= 15 is 0 Å². The molecule has 6 heteroatoms. The maximum atomic E-state index is 5.64. The van der Waals surface area contributed by atoms with E-state index in [-0.39, 0.29) is 0 Å². The maximum absolute atomic E-state index is 5.64. The van der Waals surface area contributed by atoms with Gasteiger partial charge in [0.25, 0.3) is 0 Å². The molecule has 0 aliphatic carbocycles. The molecule has 5 nitrogen and oxygen atoms in total. The number of thioether (sulfide) groups is 1. The van der Waals surface area contributed by atoms with Gasteiger partial charge in [-0.25, -0.2) is 4.98 Å². The number of piperazine rings is 1. The molecular weight excluding hydrogens is 234 g/mol. The molecule has 1 aliphatic rings. The number of nitrogens with zero attached hydrogens (tertiary/aromatic N) is 4. The van der Waals surface area contributed by atoms with E-state index in [4.69, 9.17) is 5.73 Å². The Morgan fingerprint density at radius 3 is 2.71 bits per heavy atom. The Bertz CT molecular complexity index is 351. The van der Waals surface area contributed by atoms with Crippen LogP contribution in [0.2, 0.25) is 0 Å². The van der Waals surface area contributed by atoms with E-state index in [0.717, 1.165) is 32.0 Å². The number of nitrogens with two attached hydrogens (primary N) is 1. The quantitative estimate of drug-likeness (QED) is 0.845.